The van der Waals surface area contributed by atoms with Crippen LogP contribution in [-0.4, -0.2) is 120 Å². The Bertz CT molecular complexity index is 4320. The maximum Gasteiger partial charge on any atom is 0.312 e. The summed E-state index contributed by atoms with van der Waals surface area (Å²) in [7, 11) is -26.1. The van der Waals surface area contributed by atoms with E-state index in [1.54, 1.807) is 18.2 Å². The maximum absolute atomic E-state index is 12.5. The first-order chi connectivity index (χ1) is 49.8. The lowest BCUT2D eigenvalue weighted by Gasteiger charge is -2.55. The van der Waals surface area contributed by atoms with Crippen molar-refractivity contribution in [2.45, 2.75) is 270 Å². The van der Waals surface area contributed by atoms with Gasteiger partial charge in [0.2, 0.25) is 0 Å². The highest BCUT2D eigenvalue weighted by molar-refractivity contribution is 7.87. The normalized spacial score (nSPS) is 25.2. The summed E-state index contributed by atoms with van der Waals surface area (Å²) in [6.45, 7) is 12.9. The van der Waals surface area contributed by atoms with Gasteiger partial charge in [-0.05, 0) is 233 Å². The predicted octanol–water partition coefficient (Wildman–Crippen LogP) is 13.9. The van der Waals surface area contributed by atoms with Crippen molar-refractivity contribution in [3.8, 4) is 0 Å². The zero-order chi connectivity index (χ0) is 78.8. The van der Waals surface area contributed by atoms with Gasteiger partial charge in [-0.25, -0.2) is 50.5 Å². The van der Waals surface area contributed by atoms with Gasteiger partial charge in [0.25, 0.3) is 0 Å². The molecule has 0 radical (unpaired) electrons. The van der Waals surface area contributed by atoms with E-state index >= 15 is 0 Å². The summed E-state index contributed by atoms with van der Waals surface area (Å²) in [5.41, 5.74) is 5.41. The number of benzene rings is 4. The van der Waals surface area contributed by atoms with E-state index in [1.807, 2.05) is 46.8 Å². The van der Waals surface area contributed by atoms with Crippen LogP contribution in [0.3, 0.4) is 0 Å². The van der Waals surface area contributed by atoms with Crippen molar-refractivity contribution in [3.63, 3.8) is 0 Å². The third-order valence-electron chi connectivity index (χ3n) is 23.3. The lowest BCUT2D eigenvalue weighted by molar-refractivity contribution is -0.174. The van der Waals surface area contributed by atoms with Crippen LogP contribution in [0.4, 0.5) is 0 Å². The minimum absolute atomic E-state index is 0.00919. The molecule has 4 aromatic carbocycles. The molecule has 23 nitrogen and oxygen atoms in total. The van der Waals surface area contributed by atoms with Crippen LogP contribution in [0.5, 0.6) is 0 Å². The van der Waals surface area contributed by atoms with Gasteiger partial charge in [-0.3, -0.25) is 14.4 Å². The molecule has 11 saturated carbocycles. The van der Waals surface area contributed by atoms with E-state index in [9.17, 15) is 92.2 Å². The van der Waals surface area contributed by atoms with Crippen LogP contribution in [0.2, 0.25) is 0 Å². The Labute approximate surface area is 635 Å². The van der Waals surface area contributed by atoms with Crippen molar-refractivity contribution < 1.29 is 102 Å². The average molecular weight is 1600 g/mol. The third kappa shape index (κ3) is 24.5. The van der Waals surface area contributed by atoms with Crippen molar-refractivity contribution in [2.24, 2.45) is 46.3 Å². The Morgan fingerprint density at radius 2 is 0.757 bits per heavy atom. The van der Waals surface area contributed by atoms with Gasteiger partial charge in [0.05, 0.1) is 62.2 Å². The van der Waals surface area contributed by atoms with Gasteiger partial charge in [-0.15, -0.1) is 0 Å². The lowest BCUT2D eigenvalue weighted by Crippen LogP contribution is -2.55. The predicted molar refractivity (Wildman–Crippen MR) is 395 cm³/mol. The highest BCUT2D eigenvalue weighted by Gasteiger charge is 2.59. The zero-order valence-corrected chi connectivity index (χ0v) is 67.4. The molecule has 8 bridgehead atoms. The van der Waals surface area contributed by atoms with Crippen LogP contribution >= 0.6 is 0 Å². The number of Topliss-reactive ketones (excluding diaryl/α,β-unsaturated/α-hetero) is 1. The van der Waals surface area contributed by atoms with E-state index in [-0.39, 0.29) is 85.5 Å². The Hall–Kier alpha value is -5.05. The molecule has 0 aliphatic heterocycles. The molecule has 4 aromatic rings. The summed E-state index contributed by atoms with van der Waals surface area (Å²) in [5, 5.41) is 0. The van der Waals surface area contributed by atoms with E-state index in [1.165, 1.54) is 106 Å². The van der Waals surface area contributed by atoms with Crippen LogP contribution in [0, 0.1) is 53.3 Å². The SMILES string of the molecule is CC(C)c1cc(C(C)C)c(S(=O)(=O)[O-])c(C(C)C)c1.Cc1ccc(S(=O)(=O)[O-])cc1.O=C(OCCS(=O)(=O)[O-])C12CC3CC(CC(C3)C1)C2.O=C1C2CC3CC1CC(C(=O)OCCS(=O)(=O)[O-])(C3)C2.O=S(=O)([O-])c1c(C2CCCCC2)cc(C2CCCCC2)cc1C1CCCCC1.O=S(=O)([O-])c1ccccc1. The van der Waals surface area contributed by atoms with Crippen molar-refractivity contribution in [1.29, 1.82) is 0 Å². The Kier molecular flexibility index (Phi) is 30.0. The monoisotopic (exact) mass is 1600 g/mol. The number of hydrogen-bond donors (Lipinski definition) is 0. The van der Waals surface area contributed by atoms with E-state index in [0.717, 1.165) is 112 Å². The molecule has 2 atom stereocenters. The van der Waals surface area contributed by atoms with Gasteiger partial charge in [0, 0.05) is 11.8 Å². The number of carbonyl (C=O) groups excluding carboxylic acids is 3. The van der Waals surface area contributed by atoms with Crippen molar-refractivity contribution >= 4 is 78.4 Å². The molecule has 0 aromatic heterocycles. The summed E-state index contributed by atoms with van der Waals surface area (Å²) in [5.74, 6) is 1.91. The smallest absolute Gasteiger partial charge is 0.312 e. The molecule has 11 aliphatic carbocycles. The first kappa shape index (κ1) is 87.5. The molecule has 0 spiro atoms. The maximum atomic E-state index is 12.5. The second-order valence-corrected chi connectivity index (χ2v) is 40.9. The van der Waals surface area contributed by atoms with Crippen LogP contribution in [0.1, 0.15) is 283 Å². The minimum atomic E-state index is -4.46. The molecular formula is C78H106O23S6-6. The molecule has 0 heterocycles. The van der Waals surface area contributed by atoms with E-state index < -0.39 is 83.6 Å². The Morgan fingerprint density at radius 1 is 0.411 bits per heavy atom. The van der Waals surface area contributed by atoms with Gasteiger partial charge in [0.1, 0.15) is 59.5 Å². The molecule has 11 aliphatic rings. The molecule has 107 heavy (non-hydrogen) atoms. The number of rotatable bonds is 18. The molecule has 11 fully saturated rings. The topological polar surface area (TPSA) is 413 Å². The number of aryl methyl sites for hydroxylation is 1. The fraction of sp³-hybridized carbons (Fsp3) is 0.654. The number of esters is 2. The Morgan fingerprint density at radius 3 is 1.08 bits per heavy atom. The third-order valence-corrected chi connectivity index (χ3v) is 28.3. The van der Waals surface area contributed by atoms with Gasteiger partial charge in [-0.2, -0.15) is 0 Å². The van der Waals surface area contributed by atoms with Crippen molar-refractivity contribution in [1.82, 2.24) is 0 Å². The summed E-state index contributed by atoms with van der Waals surface area (Å²) < 4.78 is 207. The molecule has 15 rings (SSSR count). The van der Waals surface area contributed by atoms with Crippen molar-refractivity contribution in [3.05, 3.63) is 118 Å². The fourth-order valence-electron chi connectivity index (χ4n) is 18.7. The molecule has 2 unspecified atom stereocenters. The molecule has 598 valence electrons. The largest absolute Gasteiger partial charge is 0.748 e. The second kappa shape index (κ2) is 36.6. The van der Waals surface area contributed by atoms with E-state index in [0.29, 0.717) is 59.5 Å². The van der Waals surface area contributed by atoms with Crippen LogP contribution in [-0.2, 0) is 84.6 Å². The zero-order valence-electron chi connectivity index (χ0n) is 62.5. The lowest BCUT2D eigenvalue weighted by atomic mass is 9.49. The quantitative estimate of drug-likeness (QED) is 0.0659. The number of ether oxygens (including phenoxy) is 2. The standard InChI is InChI=1S/C24H36O3S.C15H24O3S.C13H18O6S.C13H20O5S.C7H8O3S.C6H6O3S/c25-28(26,27)24-22(19-12-6-2-7-13-19)16-21(18-10-4-1-5-11-18)17-23(24)20-14-8-3-9-15-20;1-9(2)12-7-13(10(3)4)15(19(16,17)18)14(8-12)11(5)6;14-11-9-3-8-4-10(11)7-13(5-8,6-9)12(15)19-1-2-20(16,17)18;14-12(18-1-2-19(15,16)17)13-6-9-3-10(7-13)5-11(4-9)8-13;1-6-2-4-7(5-3-6)11(8,9)10;7-10(8,9)6-4-2-1-3-5-6/h16-20H,1-15H2,(H,25,26,27);7-11H,1-6H3,(H,16,17,18);8-10H,1-7H2,(H,16,17,18);9-11H,1-8H2,(H,15,16,17);2-5H,1H3,(H,8,9,10);1-5H,(H,7,8,9)/p-6. The van der Waals surface area contributed by atoms with Gasteiger partial charge < -0.3 is 36.8 Å². The minimum Gasteiger partial charge on any atom is -0.748 e. The molecular weight excluding hydrogens is 1500 g/mol. The average Bonchev–Trinajstić information content (AvgIpc) is 0.680. The van der Waals surface area contributed by atoms with Gasteiger partial charge in [0.15, 0.2) is 0 Å². The summed E-state index contributed by atoms with van der Waals surface area (Å²) in [4.78, 5) is 36.3. The number of carbonyl (C=O) groups is 3. The molecule has 29 heteroatoms. The van der Waals surface area contributed by atoms with E-state index in [4.69, 9.17) is 9.47 Å². The molecule has 0 saturated heterocycles. The summed E-state index contributed by atoms with van der Waals surface area (Å²) >= 11 is 0. The van der Waals surface area contributed by atoms with Crippen molar-refractivity contribution in [2.75, 3.05) is 24.7 Å². The molecule has 0 amide bonds. The van der Waals surface area contributed by atoms with Crippen LogP contribution in [0.25, 0.3) is 0 Å². The summed E-state index contributed by atoms with van der Waals surface area (Å²) in [6.07, 6.45) is 27.4. The number of hydrogen-bond acceptors (Lipinski definition) is 23. The number of ketones is 1. The Balaban J connectivity index is 0.000000167. The van der Waals surface area contributed by atoms with Crippen LogP contribution in [0.15, 0.2) is 98.4 Å². The fourth-order valence-corrected chi connectivity index (χ4v) is 22.4. The highest BCUT2D eigenvalue weighted by atomic mass is 32.2. The van der Waals surface area contributed by atoms with E-state index in [2.05, 4.69) is 26.0 Å². The summed E-state index contributed by atoms with van der Waals surface area (Å²) in [6, 6.07) is 21.0. The van der Waals surface area contributed by atoms with Gasteiger partial charge in [-0.1, -0.05) is 159 Å². The second-order valence-electron chi connectivity index (χ2n) is 32.5. The highest BCUT2D eigenvalue weighted by Crippen LogP contribution is 2.61. The molecule has 0 N–H and O–H groups in total. The van der Waals surface area contributed by atoms with Crippen LogP contribution < -0.4 is 0 Å². The van der Waals surface area contributed by atoms with Gasteiger partial charge >= 0.3 is 11.9 Å². The first-order valence-corrected chi connectivity index (χ1v) is 46.7. The first-order valence-electron chi connectivity index (χ1n) is 37.9.